The molecule has 2 rings (SSSR count). The minimum absolute atomic E-state index is 0.122. The van der Waals surface area contributed by atoms with Crippen molar-refractivity contribution in [2.75, 3.05) is 6.54 Å². The van der Waals surface area contributed by atoms with Gasteiger partial charge in [-0.25, -0.2) is 0 Å². The first-order valence-corrected chi connectivity index (χ1v) is 6.20. The highest BCUT2D eigenvalue weighted by Gasteiger charge is 2.25. The monoisotopic (exact) mass is 220 g/mol. The molecular formula is C13H20N2O. The van der Waals surface area contributed by atoms with Crippen LogP contribution in [0.15, 0.2) is 29.2 Å². The van der Waals surface area contributed by atoms with Gasteiger partial charge in [-0.2, -0.15) is 0 Å². The molecule has 0 radical (unpaired) electrons. The maximum atomic E-state index is 11.8. The molecule has 1 fully saturated rings. The fraction of sp³-hybridized carbons (Fsp3) is 0.615. The van der Waals surface area contributed by atoms with Gasteiger partial charge in [0, 0.05) is 18.3 Å². The van der Waals surface area contributed by atoms with Gasteiger partial charge in [0.2, 0.25) is 0 Å². The van der Waals surface area contributed by atoms with E-state index in [1.807, 2.05) is 16.8 Å². The number of hydrogen-bond acceptors (Lipinski definition) is 2. The van der Waals surface area contributed by atoms with E-state index in [2.05, 4.69) is 0 Å². The molecule has 3 heteroatoms. The first kappa shape index (κ1) is 11.4. The van der Waals surface area contributed by atoms with Gasteiger partial charge in [0.15, 0.2) is 0 Å². The van der Waals surface area contributed by atoms with Crippen LogP contribution in [0, 0.1) is 5.92 Å². The molecule has 2 atom stereocenters. The van der Waals surface area contributed by atoms with Crippen LogP contribution in [-0.2, 0) is 0 Å². The summed E-state index contributed by atoms with van der Waals surface area (Å²) in [6.45, 7) is 0.725. The molecule has 0 spiro atoms. The van der Waals surface area contributed by atoms with Gasteiger partial charge < -0.3 is 10.3 Å². The highest BCUT2D eigenvalue weighted by atomic mass is 16.1. The van der Waals surface area contributed by atoms with E-state index in [0.717, 1.165) is 19.4 Å². The van der Waals surface area contributed by atoms with Crippen molar-refractivity contribution >= 4 is 0 Å². The highest BCUT2D eigenvalue weighted by molar-refractivity contribution is 4.97. The predicted octanol–water partition coefficient (Wildman–Crippen LogP) is 1.93. The normalized spacial score (nSPS) is 25.6. The topological polar surface area (TPSA) is 48.0 Å². The van der Waals surface area contributed by atoms with E-state index < -0.39 is 0 Å². The van der Waals surface area contributed by atoms with Gasteiger partial charge >= 0.3 is 0 Å². The quantitative estimate of drug-likeness (QED) is 0.846. The van der Waals surface area contributed by atoms with E-state index in [9.17, 15) is 4.79 Å². The molecule has 3 nitrogen and oxygen atoms in total. The van der Waals surface area contributed by atoms with Gasteiger partial charge in [0.1, 0.15) is 0 Å². The Morgan fingerprint density at radius 1 is 1.31 bits per heavy atom. The minimum Gasteiger partial charge on any atom is -0.330 e. The summed E-state index contributed by atoms with van der Waals surface area (Å²) in [7, 11) is 0. The van der Waals surface area contributed by atoms with Crippen molar-refractivity contribution in [2.24, 2.45) is 11.7 Å². The number of nitrogens with zero attached hydrogens (tertiary/aromatic N) is 1. The van der Waals surface area contributed by atoms with Crippen LogP contribution in [0.3, 0.4) is 0 Å². The Labute approximate surface area is 96.3 Å². The van der Waals surface area contributed by atoms with Crippen molar-refractivity contribution in [1.29, 1.82) is 0 Å². The summed E-state index contributed by atoms with van der Waals surface area (Å²) in [5, 5.41) is 0. The molecule has 0 aromatic carbocycles. The van der Waals surface area contributed by atoms with Gasteiger partial charge in [0.05, 0.1) is 0 Å². The van der Waals surface area contributed by atoms with Crippen LogP contribution in [0.4, 0.5) is 0 Å². The SMILES string of the molecule is NCCC1CCCCC1n1ccccc1=O. The summed E-state index contributed by atoms with van der Waals surface area (Å²) < 4.78 is 1.90. The van der Waals surface area contributed by atoms with Crippen LogP contribution in [-0.4, -0.2) is 11.1 Å². The Bertz CT molecular complexity index is 384. The van der Waals surface area contributed by atoms with Crippen molar-refractivity contribution in [3.05, 3.63) is 34.7 Å². The molecule has 16 heavy (non-hydrogen) atoms. The zero-order chi connectivity index (χ0) is 11.4. The number of hydrogen-bond donors (Lipinski definition) is 1. The first-order valence-electron chi connectivity index (χ1n) is 6.20. The number of rotatable bonds is 3. The third-order valence-corrected chi connectivity index (χ3v) is 3.61. The Hall–Kier alpha value is -1.09. The number of nitrogens with two attached hydrogens (primary N) is 1. The van der Waals surface area contributed by atoms with Crippen LogP contribution >= 0.6 is 0 Å². The molecular weight excluding hydrogens is 200 g/mol. The molecule has 88 valence electrons. The van der Waals surface area contributed by atoms with Gasteiger partial charge in [-0.05, 0) is 37.8 Å². The van der Waals surface area contributed by atoms with Gasteiger partial charge in [-0.3, -0.25) is 4.79 Å². The summed E-state index contributed by atoms with van der Waals surface area (Å²) in [4.78, 5) is 11.8. The number of pyridine rings is 1. The van der Waals surface area contributed by atoms with Gasteiger partial charge in [-0.1, -0.05) is 18.9 Å². The second-order valence-electron chi connectivity index (χ2n) is 4.64. The standard InChI is InChI=1S/C13H20N2O/c14-9-8-11-5-1-2-6-12(11)15-10-4-3-7-13(15)16/h3-4,7,10-12H,1-2,5-6,8-9,14H2. The fourth-order valence-corrected chi connectivity index (χ4v) is 2.82. The lowest BCUT2D eigenvalue weighted by molar-refractivity contribution is 0.224. The third kappa shape index (κ3) is 2.35. The molecule has 0 aliphatic heterocycles. The molecule has 2 N–H and O–H groups in total. The molecule has 1 heterocycles. The molecule has 0 amide bonds. The van der Waals surface area contributed by atoms with Crippen LogP contribution < -0.4 is 11.3 Å². The molecule has 0 bridgehead atoms. The van der Waals surface area contributed by atoms with E-state index in [-0.39, 0.29) is 5.56 Å². The zero-order valence-corrected chi connectivity index (χ0v) is 9.64. The van der Waals surface area contributed by atoms with Gasteiger partial charge in [-0.15, -0.1) is 0 Å². The lowest BCUT2D eigenvalue weighted by Gasteiger charge is -2.32. The maximum Gasteiger partial charge on any atom is 0.250 e. The smallest absolute Gasteiger partial charge is 0.250 e. The van der Waals surface area contributed by atoms with E-state index in [1.54, 1.807) is 12.1 Å². The van der Waals surface area contributed by atoms with Crippen molar-refractivity contribution in [1.82, 2.24) is 4.57 Å². The lowest BCUT2D eigenvalue weighted by atomic mass is 9.82. The average molecular weight is 220 g/mol. The Morgan fingerprint density at radius 3 is 2.88 bits per heavy atom. The van der Waals surface area contributed by atoms with E-state index >= 15 is 0 Å². The lowest BCUT2D eigenvalue weighted by Crippen LogP contribution is -2.31. The Morgan fingerprint density at radius 2 is 2.12 bits per heavy atom. The van der Waals surface area contributed by atoms with Crippen LogP contribution in [0.2, 0.25) is 0 Å². The Balaban J connectivity index is 2.23. The van der Waals surface area contributed by atoms with Crippen molar-refractivity contribution in [3.8, 4) is 0 Å². The molecule has 0 saturated heterocycles. The summed E-state index contributed by atoms with van der Waals surface area (Å²) in [5.41, 5.74) is 5.77. The highest BCUT2D eigenvalue weighted by Crippen LogP contribution is 2.34. The predicted molar refractivity (Wildman–Crippen MR) is 65.4 cm³/mol. The van der Waals surface area contributed by atoms with Crippen LogP contribution in [0.25, 0.3) is 0 Å². The molecule has 1 aliphatic rings. The van der Waals surface area contributed by atoms with E-state index in [4.69, 9.17) is 5.73 Å². The van der Waals surface area contributed by atoms with Crippen molar-refractivity contribution < 1.29 is 0 Å². The zero-order valence-electron chi connectivity index (χ0n) is 9.64. The van der Waals surface area contributed by atoms with Crippen LogP contribution in [0.5, 0.6) is 0 Å². The van der Waals surface area contributed by atoms with Crippen molar-refractivity contribution in [2.45, 2.75) is 38.1 Å². The molecule has 1 aromatic rings. The third-order valence-electron chi connectivity index (χ3n) is 3.61. The van der Waals surface area contributed by atoms with E-state index in [0.29, 0.717) is 12.0 Å². The fourth-order valence-electron chi connectivity index (χ4n) is 2.82. The molecule has 1 aromatic heterocycles. The van der Waals surface area contributed by atoms with Gasteiger partial charge in [0.25, 0.3) is 5.56 Å². The number of aromatic nitrogens is 1. The minimum atomic E-state index is 0.122. The first-order chi connectivity index (χ1) is 7.83. The second-order valence-corrected chi connectivity index (χ2v) is 4.64. The largest absolute Gasteiger partial charge is 0.330 e. The molecule has 1 aliphatic carbocycles. The maximum absolute atomic E-state index is 11.8. The molecule has 1 saturated carbocycles. The molecule has 2 unspecified atom stereocenters. The Kier molecular flexibility index (Phi) is 3.78. The van der Waals surface area contributed by atoms with Crippen molar-refractivity contribution in [3.63, 3.8) is 0 Å². The average Bonchev–Trinajstić information content (AvgIpc) is 2.31. The summed E-state index contributed by atoms with van der Waals surface area (Å²) >= 11 is 0. The van der Waals surface area contributed by atoms with E-state index in [1.165, 1.54) is 19.3 Å². The summed E-state index contributed by atoms with van der Waals surface area (Å²) in [6.07, 6.45) is 7.79. The summed E-state index contributed by atoms with van der Waals surface area (Å²) in [5.74, 6) is 0.582. The second kappa shape index (κ2) is 5.30. The summed E-state index contributed by atoms with van der Waals surface area (Å²) in [6, 6.07) is 5.76. The van der Waals surface area contributed by atoms with Crippen LogP contribution in [0.1, 0.15) is 38.1 Å².